The maximum Gasteiger partial charge on any atom is 0.266 e. The van der Waals surface area contributed by atoms with Crippen LogP contribution in [-0.4, -0.2) is 20.9 Å². The number of rotatable bonds is 3. The zero-order valence-electron chi connectivity index (χ0n) is 17.6. The second-order valence-electron chi connectivity index (χ2n) is 8.09. The molecule has 3 aliphatic heterocycles. The first-order chi connectivity index (χ1) is 15.8. The molecule has 0 radical (unpaired) electrons. The number of methoxy groups -OCH3 is 2. The SMILES string of the molecule is COc1cc2c3c(c1)N(c1ccccc1)c1cc(OC)cc4c1B3c1c(cccc1O4)O2. The number of para-hydroxylation sites is 1. The van der Waals surface area contributed by atoms with Crippen LogP contribution in [0.1, 0.15) is 0 Å². The Hall–Kier alpha value is -4.06. The quantitative estimate of drug-likeness (QED) is 0.402. The first kappa shape index (κ1) is 17.6. The van der Waals surface area contributed by atoms with Crippen LogP contribution in [0.2, 0.25) is 0 Å². The minimum Gasteiger partial charge on any atom is -0.497 e. The molecule has 0 fully saturated rings. The molecule has 0 saturated heterocycles. The van der Waals surface area contributed by atoms with Crippen LogP contribution in [-0.2, 0) is 0 Å². The van der Waals surface area contributed by atoms with E-state index in [0.717, 1.165) is 67.9 Å². The van der Waals surface area contributed by atoms with Crippen molar-refractivity contribution in [3.8, 4) is 34.5 Å². The lowest BCUT2D eigenvalue weighted by molar-refractivity contribution is 0.407. The van der Waals surface area contributed by atoms with E-state index in [1.54, 1.807) is 14.2 Å². The van der Waals surface area contributed by atoms with Crippen molar-refractivity contribution < 1.29 is 18.9 Å². The van der Waals surface area contributed by atoms with Gasteiger partial charge in [0.25, 0.3) is 6.71 Å². The van der Waals surface area contributed by atoms with Gasteiger partial charge in [0.05, 0.1) is 14.2 Å². The molecular formula is C26H18BNO4. The van der Waals surface area contributed by atoms with Crippen LogP contribution in [0.5, 0.6) is 34.5 Å². The summed E-state index contributed by atoms with van der Waals surface area (Å²) in [4.78, 5) is 2.24. The second-order valence-corrected chi connectivity index (χ2v) is 8.09. The molecular weight excluding hydrogens is 401 g/mol. The highest BCUT2D eigenvalue weighted by Gasteiger charge is 2.47. The number of anilines is 3. The van der Waals surface area contributed by atoms with E-state index in [2.05, 4.69) is 29.2 Å². The number of hydrogen-bond acceptors (Lipinski definition) is 5. The van der Waals surface area contributed by atoms with Crippen LogP contribution in [0.4, 0.5) is 17.1 Å². The Labute approximate surface area is 185 Å². The lowest BCUT2D eigenvalue weighted by Gasteiger charge is -2.43. The average Bonchev–Trinajstić information content (AvgIpc) is 2.84. The lowest BCUT2D eigenvalue weighted by atomic mass is 9.33. The van der Waals surface area contributed by atoms with Gasteiger partial charge in [-0.3, -0.25) is 0 Å². The summed E-state index contributed by atoms with van der Waals surface area (Å²) in [5, 5.41) is 0. The predicted molar refractivity (Wildman–Crippen MR) is 125 cm³/mol. The van der Waals surface area contributed by atoms with E-state index in [-0.39, 0.29) is 6.71 Å². The zero-order chi connectivity index (χ0) is 21.4. The summed E-state index contributed by atoms with van der Waals surface area (Å²) >= 11 is 0. The monoisotopic (exact) mass is 419 g/mol. The lowest BCUT2D eigenvalue weighted by Crippen LogP contribution is -2.61. The van der Waals surface area contributed by atoms with E-state index in [1.165, 1.54) is 0 Å². The van der Waals surface area contributed by atoms with Gasteiger partial charge in [-0.2, -0.15) is 0 Å². The van der Waals surface area contributed by atoms with Crippen molar-refractivity contribution in [2.45, 2.75) is 0 Å². The molecule has 7 rings (SSSR count). The van der Waals surface area contributed by atoms with Crippen molar-refractivity contribution in [1.29, 1.82) is 0 Å². The van der Waals surface area contributed by atoms with Crippen LogP contribution >= 0.6 is 0 Å². The van der Waals surface area contributed by atoms with Crippen molar-refractivity contribution >= 4 is 40.2 Å². The van der Waals surface area contributed by atoms with Crippen LogP contribution in [0.3, 0.4) is 0 Å². The first-order valence-corrected chi connectivity index (χ1v) is 10.5. The fraction of sp³-hybridized carbons (Fsp3) is 0.0769. The van der Waals surface area contributed by atoms with E-state index in [9.17, 15) is 0 Å². The summed E-state index contributed by atoms with van der Waals surface area (Å²) in [6.07, 6.45) is 0. The smallest absolute Gasteiger partial charge is 0.266 e. The van der Waals surface area contributed by atoms with Crippen molar-refractivity contribution in [1.82, 2.24) is 0 Å². The van der Waals surface area contributed by atoms with Gasteiger partial charge in [0.2, 0.25) is 0 Å². The third-order valence-corrected chi connectivity index (χ3v) is 6.49. The molecule has 6 heteroatoms. The van der Waals surface area contributed by atoms with Gasteiger partial charge in [0, 0.05) is 46.8 Å². The Kier molecular flexibility index (Phi) is 3.43. The Balaban J connectivity index is 1.63. The largest absolute Gasteiger partial charge is 0.497 e. The Morgan fingerprint density at radius 3 is 1.72 bits per heavy atom. The van der Waals surface area contributed by atoms with Gasteiger partial charge < -0.3 is 23.8 Å². The van der Waals surface area contributed by atoms with E-state index < -0.39 is 0 Å². The molecule has 0 saturated carbocycles. The van der Waals surface area contributed by atoms with Crippen molar-refractivity contribution in [2.24, 2.45) is 0 Å². The molecule has 0 N–H and O–H groups in total. The van der Waals surface area contributed by atoms with Gasteiger partial charge >= 0.3 is 0 Å². The molecule has 154 valence electrons. The fourth-order valence-electron chi connectivity index (χ4n) is 5.17. The van der Waals surface area contributed by atoms with Crippen LogP contribution in [0.25, 0.3) is 0 Å². The fourth-order valence-corrected chi connectivity index (χ4v) is 5.17. The van der Waals surface area contributed by atoms with E-state index >= 15 is 0 Å². The molecule has 3 aliphatic rings. The molecule has 0 unspecified atom stereocenters. The van der Waals surface area contributed by atoms with Gasteiger partial charge in [-0.05, 0) is 35.2 Å². The Bertz CT molecular complexity index is 1340. The summed E-state index contributed by atoms with van der Waals surface area (Å²) in [7, 11) is 3.37. The summed E-state index contributed by atoms with van der Waals surface area (Å²) in [5.41, 5.74) is 6.42. The molecule has 0 aromatic heterocycles. The zero-order valence-corrected chi connectivity index (χ0v) is 17.6. The molecule has 0 atom stereocenters. The molecule has 0 aliphatic carbocycles. The van der Waals surface area contributed by atoms with Gasteiger partial charge in [0.1, 0.15) is 34.5 Å². The van der Waals surface area contributed by atoms with E-state index in [0.29, 0.717) is 0 Å². The third kappa shape index (κ3) is 2.19. The van der Waals surface area contributed by atoms with Crippen LogP contribution in [0, 0.1) is 0 Å². The first-order valence-electron chi connectivity index (χ1n) is 10.5. The minimum atomic E-state index is 0.00970. The number of ether oxygens (including phenoxy) is 4. The van der Waals surface area contributed by atoms with Crippen molar-refractivity contribution in [3.63, 3.8) is 0 Å². The van der Waals surface area contributed by atoms with Crippen LogP contribution < -0.4 is 40.2 Å². The number of hydrogen-bond donors (Lipinski definition) is 0. The maximum absolute atomic E-state index is 6.41. The van der Waals surface area contributed by atoms with Crippen molar-refractivity contribution in [3.05, 3.63) is 72.8 Å². The molecule has 4 aromatic carbocycles. The molecule has 0 bridgehead atoms. The average molecular weight is 419 g/mol. The Morgan fingerprint density at radius 2 is 1.19 bits per heavy atom. The summed E-state index contributed by atoms with van der Waals surface area (Å²) in [6, 6.07) is 24.4. The molecule has 0 amide bonds. The summed E-state index contributed by atoms with van der Waals surface area (Å²) in [5.74, 6) is 4.75. The number of nitrogens with zero attached hydrogens (tertiary/aromatic N) is 1. The third-order valence-electron chi connectivity index (χ3n) is 6.49. The van der Waals surface area contributed by atoms with Gasteiger partial charge in [-0.15, -0.1) is 0 Å². The summed E-state index contributed by atoms with van der Waals surface area (Å²) < 4.78 is 24.2. The highest BCUT2D eigenvalue weighted by Crippen LogP contribution is 2.47. The standard InChI is InChI=1S/C26H18BNO4/c1-29-16-11-18-24-22(13-16)31-20-9-6-10-21-26(20)27(24)25-19(12-17(30-2)14-23(25)32-21)28(18)15-7-4-3-5-8-15/h3-14H,1-2H3. The summed E-state index contributed by atoms with van der Waals surface area (Å²) in [6.45, 7) is 0.00970. The predicted octanol–water partition coefficient (Wildman–Crippen LogP) is 4.21. The van der Waals surface area contributed by atoms with Gasteiger partial charge in [0.15, 0.2) is 0 Å². The van der Waals surface area contributed by atoms with E-state index in [4.69, 9.17) is 18.9 Å². The highest BCUT2D eigenvalue weighted by atomic mass is 16.5. The van der Waals surface area contributed by atoms with Crippen molar-refractivity contribution in [2.75, 3.05) is 19.1 Å². The Morgan fingerprint density at radius 1 is 0.625 bits per heavy atom. The van der Waals surface area contributed by atoms with Crippen LogP contribution in [0.15, 0.2) is 72.8 Å². The minimum absolute atomic E-state index is 0.00970. The highest BCUT2D eigenvalue weighted by molar-refractivity contribution is 7.00. The second kappa shape index (κ2) is 6.23. The topological polar surface area (TPSA) is 40.2 Å². The molecule has 4 aromatic rings. The normalized spacial score (nSPS) is 13.7. The van der Waals surface area contributed by atoms with E-state index in [1.807, 2.05) is 48.5 Å². The van der Waals surface area contributed by atoms with Gasteiger partial charge in [-0.25, -0.2) is 0 Å². The number of benzene rings is 4. The van der Waals surface area contributed by atoms with Gasteiger partial charge in [-0.1, -0.05) is 24.3 Å². The molecule has 32 heavy (non-hydrogen) atoms. The molecule has 3 heterocycles. The molecule has 5 nitrogen and oxygen atoms in total. The maximum atomic E-state index is 6.41. The molecule has 0 spiro atoms.